The average molecular weight is 218 g/mol. The molecule has 0 saturated carbocycles. The summed E-state index contributed by atoms with van der Waals surface area (Å²) in [7, 11) is 0. The van der Waals surface area contributed by atoms with Crippen molar-refractivity contribution in [2.45, 2.75) is 38.8 Å². The minimum Gasteiger partial charge on any atom is -0.506 e. The Morgan fingerprint density at radius 3 is 3.06 bits per heavy atom. The highest BCUT2D eigenvalue weighted by atomic mass is 16.3. The van der Waals surface area contributed by atoms with E-state index in [1.807, 2.05) is 13.0 Å². The number of allylic oxidation sites excluding steroid dienone is 1. The van der Waals surface area contributed by atoms with E-state index in [-0.39, 0.29) is 5.75 Å². The Morgan fingerprint density at radius 1 is 1.44 bits per heavy atom. The Hall–Kier alpha value is -1.35. The van der Waals surface area contributed by atoms with Crippen LogP contribution >= 0.6 is 0 Å². The Labute approximate surface area is 96.2 Å². The average Bonchev–Trinajstić information content (AvgIpc) is 2.32. The van der Waals surface area contributed by atoms with Crippen molar-refractivity contribution in [2.24, 2.45) is 0 Å². The van der Waals surface area contributed by atoms with Gasteiger partial charge >= 0.3 is 0 Å². The molecule has 3 heteroatoms. The number of aryl methyl sites for hydroxylation is 1. The minimum absolute atomic E-state index is 0.282. The monoisotopic (exact) mass is 218 g/mol. The van der Waals surface area contributed by atoms with Crippen LogP contribution < -0.4 is 5.32 Å². The number of aromatic hydroxyl groups is 1. The first-order valence-electron chi connectivity index (χ1n) is 5.79. The van der Waals surface area contributed by atoms with Crippen molar-refractivity contribution in [3.63, 3.8) is 0 Å². The SMILES string of the molecule is Cc1ccc(O)c(CNC2CC=CCC2)n1. The second-order valence-corrected chi connectivity index (χ2v) is 4.28. The summed E-state index contributed by atoms with van der Waals surface area (Å²) in [4.78, 5) is 4.33. The van der Waals surface area contributed by atoms with Crippen molar-refractivity contribution in [1.82, 2.24) is 10.3 Å². The van der Waals surface area contributed by atoms with Crippen molar-refractivity contribution in [1.29, 1.82) is 0 Å². The summed E-state index contributed by atoms with van der Waals surface area (Å²) in [5.74, 6) is 0.282. The highest BCUT2D eigenvalue weighted by molar-refractivity contribution is 5.27. The fraction of sp³-hybridized carbons (Fsp3) is 0.462. The topological polar surface area (TPSA) is 45.1 Å². The van der Waals surface area contributed by atoms with Gasteiger partial charge in [-0.3, -0.25) is 4.98 Å². The molecule has 86 valence electrons. The van der Waals surface area contributed by atoms with Gasteiger partial charge in [0.25, 0.3) is 0 Å². The van der Waals surface area contributed by atoms with Crippen LogP contribution in [-0.4, -0.2) is 16.1 Å². The van der Waals surface area contributed by atoms with Crippen LogP contribution in [0.3, 0.4) is 0 Å². The van der Waals surface area contributed by atoms with Gasteiger partial charge in [-0.25, -0.2) is 0 Å². The van der Waals surface area contributed by atoms with Gasteiger partial charge in [0.1, 0.15) is 5.75 Å². The van der Waals surface area contributed by atoms with Crippen molar-refractivity contribution >= 4 is 0 Å². The molecular formula is C13H18N2O. The maximum Gasteiger partial charge on any atom is 0.138 e. The predicted octanol–water partition coefficient (Wildman–Crippen LogP) is 2.29. The highest BCUT2D eigenvalue weighted by Crippen LogP contribution is 2.16. The van der Waals surface area contributed by atoms with Crippen LogP contribution in [0, 0.1) is 6.92 Å². The molecule has 0 aromatic carbocycles. The summed E-state index contributed by atoms with van der Waals surface area (Å²) in [6, 6.07) is 4.05. The lowest BCUT2D eigenvalue weighted by Crippen LogP contribution is -2.29. The number of nitrogens with one attached hydrogen (secondary N) is 1. The molecule has 0 bridgehead atoms. The molecule has 0 fully saturated rings. The molecule has 0 radical (unpaired) electrons. The van der Waals surface area contributed by atoms with Gasteiger partial charge in [0.2, 0.25) is 0 Å². The van der Waals surface area contributed by atoms with Gasteiger partial charge in [-0.05, 0) is 38.3 Å². The number of aromatic nitrogens is 1. The third-order valence-corrected chi connectivity index (χ3v) is 2.92. The molecule has 0 aliphatic heterocycles. The van der Waals surface area contributed by atoms with Crippen LogP contribution in [0.2, 0.25) is 0 Å². The van der Waals surface area contributed by atoms with Crippen molar-refractivity contribution in [3.8, 4) is 5.75 Å². The van der Waals surface area contributed by atoms with Gasteiger partial charge in [0.05, 0.1) is 5.69 Å². The van der Waals surface area contributed by atoms with E-state index in [2.05, 4.69) is 22.5 Å². The lowest BCUT2D eigenvalue weighted by atomic mass is 10.0. The van der Waals surface area contributed by atoms with E-state index in [0.717, 1.165) is 24.2 Å². The Balaban J connectivity index is 1.93. The van der Waals surface area contributed by atoms with E-state index in [1.54, 1.807) is 6.07 Å². The van der Waals surface area contributed by atoms with Crippen LogP contribution in [0.4, 0.5) is 0 Å². The van der Waals surface area contributed by atoms with E-state index < -0.39 is 0 Å². The molecule has 1 aliphatic rings. The van der Waals surface area contributed by atoms with Gasteiger partial charge < -0.3 is 10.4 Å². The van der Waals surface area contributed by atoms with Crippen LogP contribution in [0.1, 0.15) is 30.7 Å². The van der Waals surface area contributed by atoms with Crippen LogP contribution in [0.15, 0.2) is 24.3 Å². The van der Waals surface area contributed by atoms with Gasteiger partial charge in [-0.1, -0.05) is 12.2 Å². The zero-order valence-corrected chi connectivity index (χ0v) is 9.61. The van der Waals surface area contributed by atoms with Gasteiger partial charge in [0, 0.05) is 18.3 Å². The fourth-order valence-electron chi connectivity index (χ4n) is 1.95. The predicted molar refractivity (Wildman–Crippen MR) is 64.3 cm³/mol. The smallest absolute Gasteiger partial charge is 0.138 e. The lowest BCUT2D eigenvalue weighted by Gasteiger charge is -2.19. The van der Waals surface area contributed by atoms with Crippen LogP contribution in [0.25, 0.3) is 0 Å². The van der Waals surface area contributed by atoms with Crippen LogP contribution in [-0.2, 0) is 6.54 Å². The third-order valence-electron chi connectivity index (χ3n) is 2.92. The highest BCUT2D eigenvalue weighted by Gasteiger charge is 2.10. The molecule has 1 atom stereocenters. The first-order chi connectivity index (χ1) is 7.75. The second kappa shape index (κ2) is 5.12. The maximum atomic E-state index is 9.65. The Morgan fingerprint density at radius 2 is 2.31 bits per heavy atom. The van der Waals surface area contributed by atoms with Crippen molar-refractivity contribution in [2.75, 3.05) is 0 Å². The number of hydrogen-bond acceptors (Lipinski definition) is 3. The van der Waals surface area contributed by atoms with Crippen molar-refractivity contribution in [3.05, 3.63) is 35.7 Å². The molecule has 2 rings (SSSR count). The summed E-state index contributed by atoms with van der Waals surface area (Å²) < 4.78 is 0. The molecule has 1 aromatic rings. The number of rotatable bonds is 3. The Kier molecular flexibility index (Phi) is 3.57. The first kappa shape index (κ1) is 11.1. The number of hydrogen-bond donors (Lipinski definition) is 2. The number of pyridine rings is 1. The summed E-state index contributed by atoms with van der Waals surface area (Å²) in [5, 5.41) is 13.1. The molecular weight excluding hydrogens is 200 g/mol. The molecule has 1 heterocycles. The van der Waals surface area contributed by atoms with Gasteiger partial charge in [-0.15, -0.1) is 0 Å². The summed E-state index contributed by atoms with van der Waals surface area (Å²) in [6.45, 7) is 2.58. The lowest BCUT2D eigenvalue weighted by molar-refractivity contribution is 0.438. The molecule has 0 saturated heterocycles. The quantitative estimate of drug-likeness (QED) is 0.765. The van der Waals surface area contributed by atoms with E-state index in [1.165, 1.54) is 6.42 Å². The molecule has 0 amide bonds. The third kappa shape index (κ3) is 2.83. The summed E-state index contributed by atoms with van der Waals surface area (Å²) >= 11 is 0. The maximum absolute atomic E-state index is 9.65. The normalized spacial score (nSPS) is 19.9. The van der Waals surface area contributed by atoms with Crippen molar-refractivity contribution < 1.29 is 5.11 Å². The zero-order chi connectivity index (χ0) is 11.4. The largest absolute Gasteiger partial charge is 0.506 e. The molecule has 0 spiro atoms. The van der Waals surface area contributed by atoms with Gasteiger partial charge in [0.15, 0.2) is 0 Å². The first-order valence-corrected chi connectivity index (χ1v) is 5.79. The minimum atomic E-state index is 0.282. The fourth-order valence-corrected chi connectivity index (χ4v) is 1.95. The number of nitrogens with zero attached hydrogens (tertiary/aromatic N) is 1. The van der Waals surface area contributed by atoms with Gasteiger partial charge in [-0.2, -0.15) is 0 Å². The van der Waals surface area contributed by atoms with E-state index in [0.29, 0.717) is 12.6 Å². The molecule has 2 N–H and O–H groups in total. The van der Waals surface area contributed by atoms with Crippen LogP contribution in [0.5, 0.6) is 5.75 Å². The molecule has 1 aliphatic carbocycles. The molecule has 3 nitrogen and oxygen atoms in total. The molecule has 1 unspecified atom stereocenters. The zero-order valence-electron chi connectivity index (χ0n) is 9.61. The molecule has 16 heavy (non-hydrogen) atoms. The van der Waals surface area contributed by atoms with E-state index in [4.69, 9.17) is 0 Å². The standard InChI is InChI=1S/C13H18N2O/c1-10-7-8-13(16)12(15-10)9-14-11-5-3-2-4-6-11/h2-3,7-8,11,14,16H,4-6,9H2,1H3. The second-order valence-electron chi connectivity index (χ2n) is 4.28. The Bertz CT molecular complexity index is 388. The van der Waals surface area contributed by atoms with E-state index in [9.17, 15) is 5.11 Å². The van der Waals surface area contributed by atoms with E-state index >= 15 is 0 Å². The molecule has 1 aromatic heterocycles. The summed E-state index contributed by atoms with van der Waals surface area (Å²) in [5.41, 5.74) is 1.69. The summed E-state index contributed by atoms with van der Waals surface area (Å²) in [6.07, 6.45) is 7.83.